The van der Waals surface area contributed by atoms with E-state index in [4.69, 9.17) is 5.11 Å². The zero-order valence-electron chi connectivity index (χ0n) is 74.8. The predicted molar refractivity (Wildman–Crippen MR) is 525 cm³/mol. The third-order valence-corrected chi connectivity index (χ3v) is 23.5. The number of carbonyl (C=O) groups excluding carboxylic acids is 6. The number of para-hydroxylation sites is 1. The van der Waals surface area contributed by atoms with Crippen molar-refractivity contribution in [3.63, 3.8) is 0 Å². The Balaban J connectivity index is 0.000000142. The molecule has 13 heteroatoms. The number of hydrogen-bond acceptors (Lipinski definition) is 9. The molecule has 4 aliphatic rings. The summed E-state index contributed by atoms with van der Waals surface area (Å²) in [5, 5.41) is 15.4. The van der Waals surface area contributed by atoms with Crippen LogP contribution in [0.1, 0.15) is 216 Å². The number of hydrogen-bond donors (Lipinski definition) is 3. The van der Waals surface area contributed by atoms with E-state index in [2.05, 4.69) is 209 Å². The summed E-state index contributed by atoms with van der Waals surface area (Å²) in [6.07, 6.45) is 23.4. The molecule has 648 valence electrons. The Kier molecular flexibility index (Phi) is 32.4. The molecule has 0 saturated heterocycles. The smallest absolute Gasteiger partial charge is 0.303 e. The van der Waals surface area contributed by atoms with Crippen LogP contribution in [0.3, 0.4) is 0 Å². The lowest BCUT2D eigenvalue weighted by molar-refractivity contribution is -0.138. The van der Waals surface area contributed by atoms with E-state index >= 15 is 0 Å². The molecule has 3 N–H and O–H groups in total. The number of amides is 2. The maximum absolute atomic E-state index is 12.8. The number of pyridine rings is 2. The molecule has 1 unspecified atom stereocenters. The van der Waals surface area contributed by atoms with Gasteiger partial charge in [-0.15, -0.1) is 13.2 Å². The zero-order valence-corrected chi connectivity index (χ0v) is 74.8. The average Bonchev–Trinajstić information content (AvgIpc) is 1.67. The Hall–Kier alpha value is -14.2. The molecule has 2 amide bonds. The van der Waals surface area contributed by atoms with Crippen LogP contribution < -0.4 is 15.8 Å². The molecule has 128 heavy (non-hydrogen) atoms. The lowest BCUT2D eigenvalue weighted by Crippen LogP contribution is -2.47. The number of ketones is 4. The summed E-state index contributed by atoms with van der Waals surface area (Å²) in [5.74, 6) is 0.190. The predicted octanol–water partition coefficient (Wildman–Crippen LogP) is 25.1. The van der Waals surface area contributed by atoms with Crippen molar-refractivity contribution in [2.75, 3.05) is 10.2 Å². The number of H-pyrrole nitrogens is 1. The summed E-state index contributed by atoms with van der Waals surface area (Å²) in [6.45, 7) is 24.2. The third-order valence-electron chi connectivity index (χ3n) is 23.5. The van der Waals surface area contributed by atoms with Gasteiger partial charge in [0, 0.05) is 97.0 Å². The molecule has 11 aromatic carbocycles. The van der Waals surface area contributed by atoms with Crippen LogP contribution in [0, 0.1) is 13.8 Å². The first-order valence-corrected chi connectivity index (χ1v) is 44.2. The maximum Gasteiger partial charge on any atom is 0.303 e. The number of fused-ring (bicyclic) bond motifs is 6. The van der Waals surface area contributed by atoms with E-state index in [9.17, 15) is 38.4 Å². The highest BCUT2D eigenvalue weighted by Gasteiger charge is 2.36. The van der Waals surface area contributed by atoms with E-state index < -0.39 is 5.97 Å². The van der Waals surface area contributed by atoms with Gasteiger partial charge in [-0.05, 0) is 264 Å². The Bertz CT molecular complexity index is 6350. The molecule has 0 fully saturated rings. The summed E-state index contributed by atoms with van der Waals surface area (Å²) in [4.78, 5) is 102. The normalized spacial score (nSPS) is 13.2. The lowest BCUT2D eigenvalue weighted by atomic mass is 9.80. The summed E-state index contributed by atoms with van der Waals surface area (Å²) in [7, 11) is 0. The number of nitrogens with zero attached hydrogens (tertiary/aromatic N) is 2. The molecule has 0 spiro atoms. The van der Waals surface area contributed by atoms with Gasteiger partial charge in [0.15, 0.2) is 5.78 Å². The van der Waals surface area contributed by atoms with Gasteiger partial charge in [-0.25, -0.2) is 0 Å². The topological polar surface area (TPSA) is 201 Å². The molecule has 2 aromatic heterocycles. The summed E-state index contributed by atoms with van der Waals surface area (Å²) in [6, 6.07) is 87.5. The Morgan fingerprint density at radius 1 is 0.500 bits per heavy atom. The Morgan fingerprint density at radius 3 is 1.53 bits per heavy atom. The number of carboxylic acid groups (broad SMARTS) is 1. The molecular formula is C115H114N4O9. The second kappa shape index (κ2) is 44.6. The summed E-state index contributed by atoms with van der Waals surface area (Å²) < 4.78 is 0. The first kappa shape index (κ1) is 93.0. The van der Waals surface area contributed by atoms with Crippen LogP contribution in [0.5, 0.6) is 0 Å². The molecule has 13 aromatic rings. The number of aromatic amines is 1. The minimum Gasteiger partial charge on any atom is -0.481 e. The van der Waals surface area contributed by atoms with Crippen LogP contribution in [-0.2, 0) is 73.7 Å². The number of nitrogens with one attached hydrogen (secondary N) is 2. The van der Waals surface area contributed by atoms with Crippen molar-refractivity contribution in [2.45, 2.75) is 170 Å². The van der Waals surface area contributed by atoms with Gasteiger partial charge in [0.25, 0.3) is 5.56 Å². The van der Waals surface area contributed by atoms with Gasteiger partial charge in [-0.3, -0.25) is 43.3 Å². The van der Waals surface area contributed by atoms with Gasteiger partial charge in [-0.2, -0.15) is 0 Å². The number of benzene rings is 11. The molecule has 17 rings (SSSR count). The molecule has 0 saturated carbocycles. The number of carbonyl (C=O) groups is 7. The quantitative estimate of drug-likeness (QED) is 0.0266. The van der Waals surface area contributed by atoms with Crippen LogP contribution in [0.2, 0.25) is 0 Å². The van der Waals surface area contributed by atoms with E-state index in [-0.39, 0.29) is 47.2 Å². The van der Waals surface area contributed by atoms with Crippen molar-refractivity contribution in [3.8, 4) is 0 Å². The molecule has 13 nitrogen and oxygen atoms in total. The van der Waals surface area contributed by atoms with E-state index in [0.29, 0.717) is 67.0 Å². The highest BCUT2D eigenvalue weighted by Crippen LogP contribution is 2.43. The fraction of sp³-hybridized carbons (Fsp3) is 0.226. The van der Waals surface area contributed by atoms with Crippen LogP contribution in [-0.4, -0.2) is 62.0 Å². The molecule has 3 aliphatic carbocycles. The van der Waals surface area contributed by atoms with Gasteiger partial charge in [0.1, 0.15) is 17.3 Å². The van der Waals surface area contributed by atoms with Gasteiger partial charge < -0.3 is 20.3 Å². The molecule has 3 heterocycles. The van der Waals surface area contributed by atoms with E-state index in [0.717, 1.165) is 124 Å². The molecule has 0 bridgehead atoms. The minimum absolute atomic E-state index is 0.00318. The fourth-order valence-electron chi connectivity index (χ4n) is 16.5. The second-order valence-electron chi connectivity index (χ2n) is 34.6. The van der Waals surface area contributed by atoms with Gasteiger partial charge in [-0.1, -0.05) is 267 Å². The van der Waals surface area contributed by atoms with Gasteiger partial charge in [0.05, 0.1) is 6.42 Å². The molecule has 1 atom stereocenters. The SMILES string of the molecule is C=C(C)CCC(=O)Cc1ccc(C2=Cc3cc(C(=O)c4ccccc4)ccc3C2)cc1.C=C(C)CCC(=O)Cc1ccc(C2=Cc3cc(C)ccc3C2)cc1.CC1CC(C)(C)N(C=O)c2ccccc21.CCCC(=O)Cc1ccc(C2=Cc3cc4ccccc4cc3C2)cc1.Cc1ccc(NC(=O)CCC(=O)O)cc1.O=c1[nH]cc(Cc2ccncc2)c2ccccc12. The molecule has 0 radical (unpaired) electrons. The number of aryl methyl sites for hydroxylation is 2. The number of allylic oxidation sites excluding steroid dienone is 5. The molecule has 1 aliphatic heterocycles. The standard InChI is InChI=1S/C29H26O2.C24H22O.C23H24O.C15H12N2O.C13H17NO.C11H13NO3/c1-20(2)8-15-28(30)16-21-9-11-22(12-10-21)26-17-24-13-14-25(18-27(24)19-26)29(31)23-6-4-3-5-7-23;1-2-5-24(25)12-17-8-10-18(11-9-17)21-15-22-13-19-6-3-4-7-20(19)14-23(22)16-21;1-16(2)4-11-23(24)13-18-6-9-19(10-7-18)22-14-20-8-5-17(3)12-21(20)15-22;18-15-14-4-2-1-3-13(14)12(10-17-15)9-11-5-7-16-8-6-11;1-10-8-13(2,3)14(9-15)12-7-5-4-6-11(10)12;1-8-2-4-9(5-3-8)12-10(13)6-7-11(14)15/h3-7,9-14,18-19H,1,8,15-17H2,2H3;3-4,6-11,13-15H,2,5,12,16H2,1H3;5-10,12,15H,1,4,11,13-14H2,2-3H3;1-8,10H,9H2,(H,17,18);4-7,9-10H,8H2,1-3H3;2-5H,6-7H2,1H3,(H,12,13)(H,14,15). The van der Waals surface area contributed by atoms with Crippen molar-refractivity contribution in [3.05, 3.63) is 420 Å². The number of aliphatic carboxylic acids is 1. The number of anilines is 2. The highest BCUT2D eigenvalue weighted by molar-refractivity contribution is 6.10. The third kappa shape index (κ3) is 26.2. The number of Topliss-reactive ketones (excluding diaryl/α,β-unsaturated/α-hetero) is 3. The fourth-order valence-corrected chi connectivity index (χ4v) is 16.5. The van der Waals surface area contributed by atoms with E-state index in [1.54, 1.807) is 30.7 Å². The van der Waals surface area contributed by atoms with Crippen LogP contribution in [0.15, 0.2) is 309 Å². The molecular weight excluding hydrogens is 1580 g/mol. The van der Waals surface area contributed by atoms with Crippen LogP contribution in [0.25, 0.3) is 56.5 Å². The van der Waals surface area contributed by atoms with Crippen molar-refractivity contribution in [1.82, 2.24) is 9.97 Å². The lowest BCUT2D eigenvalue weighted by Gasteiger charge is -2.43. The van der Waals surface area contributed by atoms with Crippen molar-refractivity contribution < 1.29 is 38.7 Å². The zero-order chi connectivity index (χ0) is 90.8. The van der Waals surface area contributed by atoms with Crippen LogP contribution in [0.4, 0.5) is 11.4 Å². The number of aromatic nitrogens is 2. The average molecular weight is 1700 g/mol. The first-order valence-electron chi connectivity index (χ1n) is 44.2. The monoisotopic (exact) mass is 1690 g/mol. The summed E-state index contributed by atoms with van der Waals surface area (Å²) in [5.41, 5.74) is 29.9. The van der Waals surface area contributed by atoms with Crippen molar-refractivity contribution in [2.24, 2.45) is 0 Å². The first-order chi connectivity index (χ1) is 61.7. The van der Waals surface area contributed by atoms with Gasteiger partial charge in [0.2, 0.25) is 12.3 Å². The maximum atomic E-state index is 12.8. The minimum atomic E-state index is -0.964. The Morgan fingerprint density at radius 2 is 0.984 bits per heavy atom. The largest absolute Gasteiger partial charge is 0.481 e. The van der Waals surface area contributed by atoms with Crippen LogP contribution >= 0.6 is 0 Å². The van der Waals surface area contributed by atoms with Crippen molar-refractivity contribution in [1.29, 1.82) is 0 Å². The Labute approximate surface area is 752 Å². The van der Waals surface area contributed by atoms with Crippen molar-refractivity contribution >= 4 is 109 Å². The number of carboxylic acids is 1. The van der Waals surface area contributed by atoms with Gasteiger partial charge >= 0.3 is 5.97 Å². The summed E-state index contributed by atoms with van der Waals surface area (Å²) >= 11 is 0. The van der Waals surface area contributed by atoms with E-state index in [1.807, 2.05) is 147 Å². The number of rotatable bonds is 26. The highest BCUT2D eigenvalue weighted by atomic mass is 16.4. The second-order valence-corrected chi connectivity index (χ2v) is 34.6. The van der Waals surface area contributed by atoms with E-state index in [1.165, 1.54) is 83.1 Å².